The molecular weight excluding hydrogens is 669 g/mol. The number of esters is 1. The molecule has 0 aliphatic carbocycles. The minimum atomic E-state index is -0.315. The van der Waals surface area contributed by atoms with Crippen molar-refractivity contribution in [2.75, 3.05) is 66.2 Å². The molecule has 0 radical (unpaired) electrons. The predicted molar refractivity (Wildman–Crippen MR) is 234 cm³/mol. The fourth-order valence-electron chi connectivity index (χ4n) is 7.21. The highest BCUT2D eigenvalue weighted by molar-refractivity contribution is 5.69. The third-order valence-electron chi connectivity index (χ3n) is 11.0. The van der Waals surface area contributed by atoms with E-state index >= 15 is 0 Å². The van der Waals surface area contributed by atoms with Crippen LogP contribution < -0.4 is 0 Å². The van der Waals surface area contributed by atoms with Gasteiger partial charge in [0.2, 0.25) is 0 Å². The van der Waals surface area contributed by atoms with Crippen molar-refractivity contribution in [3.8, 4) is 0 Å². The van der Waals surface area contributed by atoms with Crippen LogP contribution in [0.4, 0.5) is 0 Å². The van der Waals surface area contributed by atoms with Crippen LogP contribution in [0.15, 0.2) is 24.3 Å². The van der Waals surface area contributed by atoms with E-state index in [2.05, 4.69) is 55.0 Å². The van der Waals surface area contributed by atoms with Gasteiger partial charge in [0.1, 0.15) is 6.10 Å². The summed E-state index contributed by atoms with van der Waals surface area (Å²) in [5, 5.41) is 0. The molecule has 1 saturated heterocycles. The molecule has 0 aromatic carbocycles. The minimum absolute atomic E-state index is 0.115. The highest BCUT2D eigenvalue weighted by atomic mass is 16.6. The Morgan fingerprint density at radius 1 is 0.500 bits per heavy atom. The van der Waals surface area contributed by atoms with Gasteiger partial charge in [0, 0.05) is 45.8 Å². The first kappa shape index (κ1) is 50.8. The summed E-state index contributed by atoms with van der Waals surface area (Å²) < 4.78 is 18.0. The normalized spacial score (nSPS) is 14.9. The molecule has 6 heteroatoms. The molecule has 1 heterocycles. The highest BCUT2D eigenvalue weighted by Crippen LogP contribution is 2.13. The van der Waals surface area contributed by atoms with Gasteiger partial charge in [-0.3, -0.25) is 4.79 Å². The maximum atomic E-state index is 12.8. The molecule has 0 bridgehead atoms. The van der Waals surface area contributed by atoms with Gasteiger partial charge in [-0.15, -0.1) is 0 Å². The number of hydrogen-bond acceptors (Lipinski definition) is 6. The van der Waals surface area contributed by atoms with Crippen LogP contribution >= 0.6 is 0 Å². The first-order chi connectivity index (χ1) is 26.7. The summed E-state index contributed by atoms with van der Waals surface area (Å²) in [5.74, 6) is -0.115. The summed E-state index contributed by atoms with van der Waals surface area (Å²) in [6.45, 7) is 12.2. The van der Waals surface area contributed by atoms with Gasteiger partial charge in [0.05, 0.1) is 13.2 Å². The number of allylic oxidation sites excluding steroid dienone is 4. The van der Waals surface area contributed by atoms with E-state index in [4.69, 9.17) is 14.2 Å². The topological polar surface area (TPSA) is 51.2 Å². The third-order valence-corrected chi connectivity index (χ3v) is 11.0. The van der Waals surface area contributed by atoms with E-state index < -0.39 is 0 Å². The molecule has 1 aliphatic rings. The first-order valence-electron chi connectivity index (χ1n) is 23.7. The first-order valence-corrected chi connectivity index (χ1v) is 23.7. The number of ether oxygens (including phenoxy) is 3. The molecule has 0 aromatic rings. The molecule has 0 atom stereocenters. The second kappa shape index (κ2) is 41.4. The van der Waals surface area contributed by atoms with E-state index in [0.717, 1.165) is 65.2 Å². The predicted octanol–water partition coefficient (Wildman–Crippen LogP) is 13.0. The molecule has 318 valence electrons. The zero-order valence-electron chi connectivity index (χ0n) is 36.5. The summed E-state index contributed by atoms with van der Waals surface area (Å²) in [6, 6.07) is 0. The fraction of sp³-hybridized carbons (Fsp3) is 0.896. The van der Waals surface area contributed by atoms with Crippen molar-refractivity contribution in [1.29, 1.82) is 0 Å². The lowest BCUT2D eigenvalue weighted by molar-refractivity contribution is -0.156. The van der Waals surface area contributed by atoms with E-state index in [-0.39, 0.29) is 12.1 Å². The van der Waals surface area contributed by atoms with E-state index in [1.807, 2.05) is 0 Å². The quantitative estimate of drug-likeness (QED) is 0.0351. The van der Waals surface area contributed by atoms with Gasteiger partial charge in [-0.05, 0) is 84.2 Å². The Balaban J connectivity index is 2.13. The summed E-state index contributed by atoms with van der Waals surface area (Å²) in [5.41, 5.74) is 0. The minimum Gasteiger partial charge on any atom is -0.457 e. The van der Waals surface area contributed by atoms with Gasteiger partial charge in [0.25, 0.3) is 0 Å². The third kappa shape index (κ3) is 36.4. The molecular formula is C48H92N2O4. The molecule has 1 rings (SSSR count). The van der Waals surface area contributed by atoms with Crippen LogP contribution in [-0.2, 0) is 19.0 Å². The smallest absolute Gasteiger partial charge is 0.306 e. The molecule has 54 heavy (non-hydrogen) atoms. The number of carbonyl (C=O) groups excluding carboxylic acids is 1. The van der Waals surface area contributed by atoms with Gasteiger partial charge in [-0.25, -0.2) is 0 Å². The largest absolute Gasteiger partial charge is 0.457 e. The average Bonchev–Trinajstić information content (AvgIpc) is 3.17. The summed E-state index contributed by atoms with van der Waals surface area (Å²) >= 11 is 0. The molecule has 0 unspecified atom stereocenters. The number of carbonyl (C=O) groups is 1. The van der Waals surface area contributed by atoms with E-state index in [9.17, 15) is 4.79 Å². The molecule has 0 amide bonds. The average molecular weight is 761 g/mol. The van der Waals surface area contributed by atoms with Crippen molar-refractivity contribution < 1.29 is 19.0 Å². The van der Waals surface area contributed by atoms with Crippen LogP contribution in [0.1, 0.15) is 206 Å². The van der Waals surface area contributed by atoms with Crippen LogP contribution in [0.5, 0.6) is 0 Å². The van der Waals surface area contributed by atoms with E-state index in [1.54, 1.807) is 0 Å². The van der Waals surface area contributed by atoms with Crippen LogP contribution in [0.3, 0.4) is 0 Å². The summed E-state index contributed by atoms with van der Waals surface area (Å²) in [4.78, 5) is 17.6. The maximum Gasteiger partial charge on any atom is 0.306 e. The number of likely N-dealkylation sites (N-methyl/N-ethyl adjacent to an activating group) is 1. The van der Waals surface area contributed by atoms with Gasteiger partial charge in [-0.1, -0.05) is 154 Å². The van der Waals surface area contributed by atoms with Crippen LogP contribution in [0, 0.1) is 0 Å². The second-order valence-corrected chi connectivity index (χ2v) is 16.4. The molecule has 0 N–H and O–H groups in total. The standard InChI is InChI=1S/C48H92N2O4/c1-4-6-8-10-12-14-16-18-20-22-24-26-28-30-32-34-43-52-45-47(54-48(51)37-36-38-50-41-39-49(3)40-42-50)46-53-44-35-33-31-29-27-25-23-21-19-17-15-13-11-9-7-5-2/h18-21,47H,4-17,22-46H2,1-3H3. The maximum absolute atomic E-state index is 12.8. The Bertz CT molecular complexity index is 780. The Labute approximate surface area is 337 Å². The van der Waals surface area contributed by atoms with E-state index in [1.165, 1.54) is 167 Å². The molecule has 1 aliphatic heterocycles. The van der Waals surface area contributed by atoms with Crippen LogP contribution in [0.25, 0.3) is 0 Å². The summed E-state index contributed by atoms with van der Waals surface area (Å²) in [6.07, 6.45) is 47.2. The van der Waals surface area contributed by atoms with Crippen molar-refractivity contribution in [3.05, 3.63) is 24.3 Å². The zero-order valence-corrected chi connectivity index (χ0v) is 36.5. The Kier molecular flexibility index (Phi) is 39.0. The van der Waals surface area contributed by atoms with Crippen molar-refractivity contribution in [1.82, 2.24) is 9.80 Å². The monoisotopic (exact) mass is 761 g/mol. The number of rotatable bonds is 41. The highest BCUT2D eigenvalue weighted by Gasteiger charge is 2.17. The molecule has 6 nitrogen and oxygen atoms in total. The van der Waals surface area contributed by atoms with Gasteiger partial charge in [-0.2, -0.15) is 0 Å². The number of unbranched alkanes of at least 4 members (excludes halogenated alkanes) is 24. The second-order valence-electron chi connectivity index (χ2n) is 16.4. The van der Waals surface area contributed by atoms with Crippen molar-refractivity contribution >= 4 is 5.97 Å². The van der Waals surface area contributed by atoms with Gasteiger partial charge in [0.15, 0.2) is 0 Å². The zero-order chi connectivity index (χ0) is 38.8. The summed E-state index contributed by atoms with van der Waals surface area (Å²) in [7, 11) is 2.18. The fourth-order valence-corrected chi connectivity index (χ4v) is 7.21. The lowest BCUT2D eigenvalue weighted by Gasteiger charge is -2.32. The molecule has 0 aromatic heterocycles. The Morgan fingerprint density at radius 3 is 1.28 bits per heavy atom. The van der Waals surface area contributed by atoms with Crippen LogP contribution in [-0.4, -0.2) is 88.1 Å². The van der Waals surface area contributed by atoms with Crippen LogP contribution in [0.2, 0.25) is 0 Å². The van der Waals surface area contributed by atoms with Crippen molar-refractivity contribution in [2.24, 2.45) is 0 Å². The number of hydrogen-bond donors (Lipinski definition) is 0. The Hall–Kier alpha value is -1.21. The number of piperazine rings is 1. The van der Waals surface area contributed by atoms with Crippen molar-refractivity contribution in [3.63, 3.8) is 0 Å². The number of nitrogens with zero attached hydrogens (tertiary/aromatic N) is 2. The van der Waals surface area contributed by atoms with Crippen molar-refractivity contribution in [2.45, 2.75) is 213 Å². The molecule has 1 fully saturated rings. The Morgan fingerprint density at radius 2 is 0.870 bits per heavy atom. The lowest BCUT2D eigenvalue weighted by Crippen LogP contribution is -2.44. The molecule has 0 spiro atoms. The van der Waals surface area contributed by atoms with Gasteiger partial charge >= 0.3 is 5.97 Å². The SMILES string of the molecule is CCCCCCCCC=CCCCCCCCCOCC(COCCCCCCCCC=CCCCCCCCC)OC(=O)CCCN1CCN(C)CC1. The van der Waals surface area contributed by atoms with E-state index in [0.29, 0.717) is 19.6 Å². The lowest BCUT2D eigenvalue weighted by atomic mass is 10.1. The van der Waals surface area contributed by atoms with Gasteiger partial charge < -0.3 is 24.0 Å². The molecule has 0 saturated carbocycles.